The highest BCUT2D eigenvalue weighted by Gasteiger charge is 2.15. The molecule has 0 saturated heterocycles. The maximum atomic E-state index is 13.3. The first-order valence-corrected chi connectivity index (χ1v) is 8.77. The highest BCUT2D eigenvalue weighted by molar-refractivity contribution is 7.92. The van der Waals surface area contributed by atoms with Gasteiger partial charge in [0, 0.05) is 6.07 Å². The van der Waals surface area contributed by atoms with Gasteiger partial charge in [0.05, 0.1) is 16.8 Å². The molecule has 2 aromatic heterocycles. The van der Waals surface area contributed by atoms with E-state index in [1.807, 2.05) is 0 Å². The molecule has 0 bridgehead atoms. The topological polar surface area (TPSA) is 97.1 Å². The van der Waals surface area contributed by atoms with Crippen LogP contribution in [0.2, 0.25) is 0 Å². The van der Waals surface area contributed by atoms with Crippen LogP contribution in [0.3, 0.4) is 0 Å². The zero-order chi connectivity index (χ0) is 18.0. The summed E-state index contributed by atoms with van der Waals surface area (Å²) in [6, 6.07) is 8.45. The number of pyridine rings is 1. The van der Waals surface area contributed by atoms with Gasteiger partial charge in [-0.25, -0.2) is 17.8 Å². The first-order chi connectivity index (χ1) is 11.8. The Morgan fingerprint density at radius 1 is 1.08 bits per heavy atom. The van der Waals surface area contributed by atoms with Crippen molar-refractivity contribution in [1.82, 2.24) is 10.1 Å². The molecule has 9 heteroatoms. The Morgan fingerprint density at radius 2 is 1.88 bits per heavy atom. The van der Waals surface area contributed by atoms with Crippen molar-refractivity contribution in [3.8, 4) is 0 Å². The van der Waals surface area contributed by atoms with Gasteiger partial charge in [0.15, 0.2) is 5.82 Å². The minimum absolute atomic E-state index is 0.0216. The molecule has 0 amide bonds. The quantitative estimate of drug-likeness (QED) is 0.722. The molecule has 0 radical (unpaired) electrons. The molecule has 130 valence electrons. The van der Waals surface area contributed by atoms with Gasteiger partial charge in [-0.05, 0) is 49.7 Å². The van der Waals surface area contributed by atoms with Crippen molar-refractivity contribution in [3.63, 3.8) is 0 Å². The number of sulfonamides is 1. The molecule has 3 rings (SSSR count). The monoisotopic (exact) mass is 362 g/mol. The minimum atomic E-state index is -3.83. The van der Waals surface area contributed by atoms with Crippen LogP contribution < -0.4 is 10.0 Å². The van der Waals surface area contributed by atoms with Crippen LogP contribution in [-0.4, -0.2) is 18.6 Å². The Balaban J connectivity index is 1.74. The number of hydrogen-bond donors (Lipinski definition) is 2. The van der Waals surface area contributed by atoms with Crippen LogP contribution >= 0.6 is 0 Å². The predicted molar refractivity (Wildman–Crippen MR) is 90.7 cm³/mol. The van der Waals surface area contributed by atoms with Gasteiger partial charge in [0.1, 0.15) is 17.4 Å². The predicted octanol–water partition coefficient (Wildman–Crippen LogP) is 3.37. The summed E-state index contributed by atoms with van der Waals surface area (Å²) in [5.74, 6) is 1.18. The smallest absolute Gasteiger partial charge is 0.261 e. The summed E-state index contributed by atoms with van der Waals surface area (Å²) in [6.07, 6.45) is 1.36. The molecule has 0 unspecified atom stereocenters. The molecule has 7 nitrogen and oxygen atoms in total. The average Bonchev–Trinajstić information content (AvgIpc) is 2.96. The van der Waals surface area contributed by atoms with E-state index in [9.17, 15) is 12.8 Å². The van der Waals surface area contributed by atoms with Gasteiger partial charge >= 0.3 is 0 Å². The molecule has 0 aliphatic rings. The summed E-state index contributed by atoms with van der Waals surface area (Å²) in [6.45, 7) is 3.27. The molecular weight excluding hydrogens is 347 g/mol. The fourth-order valence-corrected chi connectivity index (χ4v) is 3.21. The van der Waals surface area contributed by atoms with Crippen molar-refractivity contribution in [2.45, 2.75) is 18.7 Å². The van der Waals surface area contributed by atoms with Gasteiger partial charge in [0.2, 0.25) is 0 Å². The Kier molecular flexibility index (Phi) is 4.41. The van der Waals surface area contributed by atoms with E-state index in [4.69, 9.17) is 4.52 Å². The third-order valence-electron chi connectivity index (χ3n) is 3.34. The first-order valence-electron chi connectivity index (χ1n) is 7.29. The zero-order valence-electron chi connectivity index (χ0n) is 13.4. The summed E-state index contributed by atoms with van der Waals surface area (Å²) in [5.41, 5.74) is 0.535. The van der Waals surface area contributed by atoms with Crippen molar-refractivity contribution < 1.29 is 17.3 Å². The molecule has 2 heterocycles. The van der Waals surface area contributed by atoms with Crippen molar-refractivity contribution in [3.05, 3.63) is 59.7 Å². The number of rotatable bonds is 5. The van der Waals surface area contributed by atoms with Crippen LogP contribution in [0.15, 0.2) is 52.0 Å². The van der Waals surface area contributed by atoms with E-state index in [-0.39, 0.29) is 16.1 Å². The van der Waals surface area contributed by atoms with E-state index in [0.29, 0.717) is 17.4 Å². The molecule has 0 fully saturated rings. The van der Waals surface area contributed by atoms with Gasteiger partial charge in [-0.1, -0.05) is 5.16 Å². The number of benzene rings is 1. The number of aryl methyl sites for hydroxylation is 2. The normalized spacial score (nSPS) is 11.3. The summed E-state index contributed by atoms with van der Waals surface area (Å²) in [4.78, 5) is 4.09. The molecule has 0 spiro atoms. The lowest BCUT2D eigenvalue weighted by molar-refractivity contribution is 0.400. The van der Waals surface area contributed by atoms with E-state index >= 15 is 0 Å². The maximum absolute atomic E-state index is 13.3. The minimum Gasteiger partial charge on any atom is -0.360 e. The molecular formula is C16H15FN4O3S. The van der Waals surface area contributed by atoms with E-state index in [2.05, 4.69) is 20.2 Å². The maximum Gasteiger partial charge on any atom is 0.261 e. The Labute approximate surface area is 143 Å². The third kappa shape index (κ3) is 3.94. The van der Waals surface area contributed by atoms with Crippen LogP contribution in [0.4, 0.5) is 21.7 Å². The van der Waals surface area contributed by atoms with Gasteiger partial charge < -0.3 is 9.84 Å². The highest BCUT2D eigenvalue weighted by Crippen LogP contribution is 2.20. The largest absolute Gasteiger partial charge is 0.360 e. The van der Waals surface area contributed by atoms with Crippen molar-refractivity contribution in [2.24, 2.45) is 0 Å². The second kappa shape index (κ2) is 6.52. The molecule has 0 aliphatic carbocycles. The summed E-state index contributed by atoms with van der Waals surface area (Å²) in [5, 5.41) is 6.70. The SMILES string of the molecule is Cc1cc(Nc2ccc(NS(=O)(=O)c3ccc(F)c(C)c3)cn2)no1. The third-order valence-corrected chi connectivity index (χ3v) is 4.72. The molecule has 0 aliphatic heterocycles. The number of nitrogens with one attached hydrogen (secondary N) is 2. The van der Waals surface area contributed by atoms with Crippen molar-refractivity contribution in [2.75, 3.05) is 10.0 Å². The molecule has 0 atom stereocenters. The Bertz CT molecular complexity index is 1000. The van der Waals surface area contributed by atoms with Crippen LogP contribution in [0.1, 0.15) is 11.3 Å². The molecule has 0 saturated carbocycles. The molecule has 2 N–H and O–H groups in total. The fourth-order valence-electron chi connectivity index (χ4n) is 2.08. The Hall–Kier alpha value is -2.94. The van der Waals surface area contributed by atoms with Crippen molar-refractivity contribution >= 4 is 27.3 Å². The van der Waals surface area contributed by atoms with E-state index < -0.39 is 15.8 Å². The lowest BCUT2D eigenvalue weighted by Crippen LogP contribution is -2.13. The lowest BCUT2D eigenvalue weighted by atomic mass is 10.2. The second-order valence-electron chi connectivity index (χ2n) is 5.40. The van der Waals surface area contributed by atoms with Crippen LogP contribution in [-0.2, 0) is 10.0 Å². The second-order valence-corrected chi connectivity index (χ2v) is 7.08. The number of nitrogens with zero attached hydrogens (tertiary/aromatic N) is 2. The number of halogens is 1. The summed E-state index contributed by atoms with van der Waals surface area (Å²) in [7, 11) is -3.83. The average molecular weight is 362 g/mol. The van der Waals surface area contributed by atoms with E-state index in [0.717, 1.165) is 6.07 Å². The lowest BCUT2D eigenvalue weighted by Gasteiger charge is -2.09. The standard InChI is InChI=1S/C16H15FN4O3S/c1-10-7-13(4-5-14(10)17)25(22,23)21-12-3-6-15(18-9-12)19-16-8-11(2)24-20-16/h3-9,21H,1-2H3,(H,18,19,20). The van der Waals surface area contributed by atoms with Gasteiger partial charge in [-0.15, -0.1) is 0 Å². The van der Waals surface area contributed by atoms with E-state index in [1.54, 1.807) is 25.1 Å². The van der Waals surface area contributed by atoms with Crippen LogP contribution in [0, 0.1) is 19.7 Å². The van der Waals surface area contributed by atoms with Gasteiger partial charge in [-0.2, -0.15) is 0 Å². The Morgan fingerprint density at radius 3 is 2.48 bits per heavy atom. The summed E-state index contributed by atoms with van der Waals surface area (Å²) >= 11 is 0. The number of anilines is 3. The fraction of sp³-hybridized carbons (Fsp3) is 0.125. The van der Waals surface area contributed by atoms with E-state index in [1.165, 1.54) is 25.3 Å². The van der Waals surface area contributed by atoms with Gasteiger partial charge in [-0.3, -0.25) is 4.72 Å². The zero-order valence-corrected chi connectivity index (χ0v) is 14.3. The number of hydrogen-bond acceptors (Lipinski definition) is 6. The molecule has 1 aromatic carbocycles. The van der Waals surface area contributed by atoms with Crippen LogP contribution in [0.5, 0.6) is 0 Å². The summed E-state index contributed by atoms with van der Waals surface area (Å²) < 4.78 is 45.3. The molecule has 3 aromatic rings. The number of aromatic nitrogens is 2. The molecule has 25 heavy (non-hydrogen) atoms. The first kappa shape index (κ1) is 16.9. The van der Waals surface area contributed by atoms with Gasteiger partial charge in [0.25, 0.3) is 10.0 Å². The highest BCUT2D eigenvalue weighted by atomic mass is 32.2. The van der Waals surface area contributed by atoms with Crippen molar-refractivity contribution in [1.29, 1.82) is 0 Å². The van der Waals surface area contributed by atoms with Crippen LogP contribution in [0.25, 0.3) is 0 Å².